The topological polar surface area (TPSA) is 71.3 Å². The summed E-state index contributed by atoms with van der Waals surface area (Å²) in [4.78, 5) is 19.4. The first-order valence-electron chi connectivity index (χ1n) is 8.61. The summed E-state index contributed by atoms with van der Waals surface area (Å²) in [5.41, 5.74) is 2.23. The lowest BCUT2D eigenvalue weighted by molar-refractivity contribution is 0.0951. The van der Waals surface area contributed by atoms with Gasteiger partial charge in [0, 0.05) is 24.0 Å². The molecule has 4 aromatic rings. The van der Waals surface area contributed by atoms with E-state index in [1.807, 2.05) is 42.5 Å². The lowest BCUT2D eigenvalue weighted by Gasteiger charge is -2.08. The summed E-state index contributed by atoms with van der Waals surface area (Å²) < 4.78 is 1.72. The number of pyridine rings is 1. The van der Waals surface area contributed by atoms with Crippen molar-refractivity contribution < 1.29 is 4.79 Å². The minimum atomic E-state index is -0.144. The lowest BCUT2D eigenvalue weighted by Crippen LogP contribution is -2.23. The van der Waals surface area contributed by atoms with Crippen molar-refractivity contribution in [2.24, 2.45) is 0 Å². The summed E-state index contributed by atoms with van der Waals surface area (Å²) in [6, 6.07) is 17.4. The summed E-state index contributed by atoms with van der Waals surface area (Å²) in [7, 11) is 1.80. The number of nitrogens with zero attached hydrogens (tertiary/aromatic N) is 3. The van der Waals surface area contributed by atoms with Crippen LogP contribution in [0.2, 0.25) is 0 Å². The van der Waals surface area contributed by atoms with Gasteiger partial charge in [0.25, 0.3) is 5.91 Å². The van der Waals surface area contributed by atoms with Crippen LogP contribution in [0.3, 0.4) is 0 Å². The number of rotatable bonds is 5. The summed E-state index contributed by atoms with van der Waals surface area (Å²) in [5, 5.41) is 10.6. The molecule has 0 aliphatic heterocycles. The molecule has 4 rings (SSSR count). The SMILES string of the molecule is CNc1cc(C(=O)NCc2ccccc2)cc2nc(-c3ccc(C)s3)nn12. The van der Waals surface area contributed by atoms with Crippen LogP contribution in [0.25, 0.3) is 16.3 Å². The highest BCUT2D eigenvalue weighted by Crippen LogP contribution is 2.26. The van der Waals surface area contributed by atoms with Crippen LogP contribution in [0.15, 0.2) is 54.6 Å². The zero-order valence-electron chi connectivity index (χ0n) is 15.1. The number of anilines is 1. The van der Waals surface area contributed by atoms with Gasteiger partial charge in [-0.3, -0.25) is 4.79 Å². The molecular weight excluding hydrogens is 358 g/mol. The number of hydrogen-bond donors (Lipinski definition) is 2. The summed E-state index contributed by atoms with van der Waals surface area (Å²) in [6.45, 7) is 2.53. The molecule has 7 heteroatoms. The number of nitrogens with one attached hydrogen (secondary N) is 2. The second-order valence-corrected chi connectivity index (χ2v) is 7.45. The molecule has 0 aliphatic rings. The Hall–Kier alpha value is -3.19. The van der Waals surface area contributed by atoms with Gasteiger partial charge in [0.1, 0.15) is 5.82 Å². The quantitative estimate of drug-likeness (QED) is 0.556. The molecule has 0 saturated carbocycles. The highest BCUT2D eigenvalue weighted by Gasteiger charge is 2.15. The largest absolute Gasteiger partial charge is 0.373 e. The van der Waals surface area contributed by atoms with Crippen molar-refractivity contribution in [1.29, 1.82) is 0 Å². The molecule has 3 aromatic heterocycles. The van der Waals surface area contributed by atoms with Crippen LogP contribution in [-0.4, -0.2) is 27.6 Å². The summed E-state index contributed by atoms with van der Waals surface area (Å²) in [5.74, 6) is 1.23. The first-order valence-corrected chi connectivity index (χ1v) is 9.43. The van der Waals surface area contributed by atoms with Gasteiger partial charge in [-0.25, -0.2) is 4.98 Å². The monoisotopic (exact) mass is 377 g/mol. The van der Waals surface area contributed by atoms with E-state index in [1.54, 1.807) is 35.0 Å². The first kappa shape index (κ1) is 17.2. The molecule has 0 fully saturated rings. The third kappa shape index (κ3) is 3.54. The van der Waals surface area contributed by atoms with Crippen molar-refractivity contribution in [3.63, 3.8) is 0 Å². The molecule has 2 N–H and O–H groups in total. The van der Waals surface area contributed by atoms with Crippen molar-refractivity contribution in [2.75, 3.05) is 12.4 Å². The average Bonchev–Trinajstić information content (AvgIpc) is 3.32. The fourth-order valence-corrected chi connectivity index (χ4v) is 3.63. The van der Waals surface area contributed by atoms with Crippen LogP contribution < -0.4 is 10.6 Å². The number of aromatic nitrogens is 3. The van der Waals surface area contributed by atoms with Crippen molar-refractivity contribution in [2.45, 2.75) is 13.5 Å². The second-order valence-electron chi connectivity index (χ2n) is 6.16. The number of fused-ring (bicyclic) bond motifs is 1. The van der Waals surface area contributed by atoms with Crippen molar-refractivity contribution in [3.8, 4) is 10.7 Å². The number of amides is 1. The molecule has 0 radical (unpaired) electrons. The molecular formula is C20H19N5OS. The minimum absolute atomic E-state index is 0.144. The van der Waals surface area contributed by atoms with E-state index in [0.717, 1.165) is 10.4 Å². The van der Waals surface area contributed by atoms with Crippen molar-refractivity contribution >= 4 is 28.7 Å². The Morgan fingerprint density at radius 2 is 1.96 bits per heavy atom. The van der Waals surface area contributed by atoms with Gasteiger partial charge in [0.2, 0.25) is 0 Å². The number of aryl methyl sites for hydroxylation is 1. The predicted molar refractivity (Wildman–Crippen MR) is 108 cm³/mol. The van der Waals surface area contributed by atoms with Crippen LogP contribution in [0.4, 0.5) is 5.82 Å². The highest BCUT2D eigenvalue weighted by molar-refractivity contribution is 7.15. The number of thiophene rings is 1. The van der Waals surface area contributed by atoms with Gasteiger partial charge < -0.3 is 10.6 Å². The average molecular weight is 377 g/mol. The molecule has 0 unspecified atom stereocenters. The van der Waals surface area contributed by atoms with E-state index in [1.165, 1.54) is 4.88 Å². The Labute approximate surface area is 160 Å². The maximum Gasteiger partial charge on any atom is 0.251 e. The Balaban J connectivity index is 1.64. The predicted octanol–water partition coefficient (Wildman–Crippen LogP) is 3.74. The smallest absolute Gasteiger partial charge is 0.251 e. The maximum absolute atomic E-state index is 12.6. The maximum atomic E-state index is 12.6. The molecule has 1 aromatic carbocycles. The lowest BCUT2D eigenvalue weighted by atomic mass is 10.2. The van der Waals surface area contributed by atoms with E-state index in [4.69, 9.17) is 0 Å². The normalized spacial score (nSPS) is 10.9. The standard InChI is InChI=1S/C20H19N5OS/c1-13-8-9-16(27-13)19-23-18-11-15(10-17(21-2)25(18)24-19)20(26)22-12-14-6-4-3-5-7-14/h3-11,21H,12H2,1-2H3,(H,22,26). The first-order chi connectivity index (χ1) is 13.1. The minimum Gasteiger partial charge on any atom is -0.373 e. The molecule has 27 heavy (non-hydrogen) atoms. The molecule has 0 bridgehead atoms. The van der Waals surface area contributed by atoms with E-state index in [0.29, 0.717) is 29.4 Å². The highest BCUT2D eigenvalue weighted by atomic mass is 32.1. The molecule has 136 valence electrons. The molecule has 3 heterocycles. The van der Waals surface area contributed by atoms with Gasteiger partial charge in [-0.2, -0.15) is 4.52 Å². The van der Waals surface area contributed by atoms with Crippen LogP contribution >= 0.6 is 11.3 Å². The summed E-state index contributed by atoms with van der Waals surface area (Å²) >= 11 is 1.65. The Morgan fingerprint density at radius 3 is 2.67 bits per heavy atom. The van der Waals surface area contributed by atoms with Gasteiger partial charge in [-0.15, -0.1) is 16.4 Å². The third-order valence-electron chi connectivity index (χ3n) is 4.21. The zero-order valence-corrected chi connectivity index (χ0v) is 15.9. The second kappa shape index (κ2) is 7.20. The van der Waals surface area contributed by atoms with E-state index in [2.05, 4.69) is 27.6 Å². The van der Waals surface area contributed by atoms with Crippen LogP contribution in [0.1, 0.15) is 20.8 Å². The van der Waals surface area contributed by atoms with E-state index < -0.39 is 0 Å². The zero-order chi connectivity index (χ0) is 18.8. The van der Waals surface area contributed by atoms with Crippen molar-refractivity contribution in [1.82, 2.24) is 19.9 Å². The van der Waals surface area contributed by atoms with Crippen LogP contribution in [0, 0.1) is 6.92 Å². The van der Waals surface area contributed by atoms with E-state index in [9.17, 15) is 4.79 Å². The fourth-order valence-electron chi connectivity index (χ4n) is 2.83. The molecule has 0 saturated heterocycles. The van der Waals surface area contributed by atoms with Crippen LogP contribution in [-0.2, 0) is 6.54 Å². The van der Waals surface area contributed by atoms with E-state index >= 15 is 0 Å². The number of hydrogen-bond acceptors (Lipinski definition) is 5. The van der Waals surface area contributed by atoms with E-state index in [-0.39, 0.29) is 5.91 Å². The number of carbonyl (C=O) groups is 1. The van der Waals surface area contributed by atoms with Crippen LogP contribution in [0.5, 0.6) is 0 Å². The van der Waals surface area contributed by atoms with Gasteiger partial charge in [0.15, 0.2) is 11.5 Å². The number of carbonyl (C=O) groups excluding carboxylic acids is 1. The molecule has 6 nitrogen and oxygen atoms in total. The van der Waals surface area contributed by atoms with Gasteiger partial charge >= 0.3 is 0 Å². The fraction of sp³-hybridized carbons (Fsp3) is 0.150. The number of benzene rings is 1. The Morgan fingerprint density at radius 1 is 1.15 bits per heavy atom. The molecule has 0 spiro atoms. The molecule has 0 aliphatic carbocycles. The summed E-state index contributed by atoms with van der Waals surface area (Å²) in [6.07, 6.45) is 0. The van der Waals surface area contributed by atoms with Gasteiger partial charge in [-0.1, -0.05) is 30.3 Å². The Kier molecular flexibility index (Phi) is 4.60. The molecule has 0 atom stereocenters. The van der Waals surface area contributed by atoms with Crippen molar-refractivity contribution in [3.05, 3.63) is 70.6 Å². The van der Waals surface area contributed by atoms with Gasteiger partial charge in [0.05, 0.1) is 4.88 Å². The van der Waals surface area contributed by atoms with Gasteiger partial charge in [-0.05, 0) is 36.8 Å². The third-order valence-corrected chi connectivity index (χ3v) is 5.21. The Bertz CT molecular complexity index is 1100. The molecule has 1 amide bonds.